The average molecular weight is 397 g/mol. The molecule has 1 aromatic carbocycles. The van der Waals surface area contributed by atoms with Crippen molar-refractivity contribution in [3.8, 4) is 0 Å². The zero-order valence-electron chi connectivity index (χ0n) is 12.7. The van der Waals surface area contributed by atoms with Gasteiger partial charge in [-0.25, -0.2) is 4.79 Å². The molecule has 128 valence electrons. The molecule has 1 aromatic rings. The fourth-order valence-electron chi connectivity index (χ4n) is 2.50. The van der Waals surface area contributed by atoms with E-state index in [0.717, 1.165) is 25.0 Å². The Morgan fingerprint density at radius 1 is 1.22 bits per heavy atom. The van der Waals surface area contributed by atoms with E-state index < -0.39 is 9.89 Å². The number of piperidine rings is 1. The highest BCUT2D eigenvalue weighted by Gasteiger charge is 2.27. The van der Waals surface area contributed by atoms with Gasteiger partial charge in [0.2, 0.25) is 3.79 Å². The van der Waals surface area contributed by atoms with Crippen LogP contribution in [0.2, 0.25) is 0 Å². The minimum atomic E-state index is -1.55. The topological polar surface area (TPSA) is 29.5 Å². The zero-order valence-corrected chi connectivity index (χ0v) is 15.8. The van der Waals surface area contributed by atoms with E-state index in [1.165, 1.54) is 4.90 Å². The molecule has 0 radical (unpaired) electrons. The summed E-state index contributed by atoms with van der Waals surface area (Å²) in [6.07, 6.45) is 2.76. The molecule has 0 aliphatic carbocycles. The first-order valence-electron chi connectivity index (χ1n) is 7.60. The van der Waals surface area contributed by atoms with Gasteiger partial charge in [0.25, 0.3) is 0 Å². The summed E-state index contributed by atoms with van der Waals surface area (Å²) >= 11 is 18.6. The van der Waals surface area contributed by atoms with E-state index in [1.807, 2.05) is 17.8 Å². The number of alkyl halides is 3. The molecule has 1 heterocycles. The molecule has 2 rings (SSSR count). The van der Waals surface area contributed by atoms with Crippen LogP contribution in [0.25, 0.3) is 0 Å². The van der Waals surface area contributed by atoms with Gasteiger partial charge in [0, 0.05) is 18.0 Å². The van der Waals surface area contributed by atoms with Gasteiger partial charge in [0.05, 0.1) is 0 Å². The quantitative estimate of drug-likeness (QED) is 0.494. The molecular formula is C16H20Cl3NO2S. The molecule has 3 nitrogen and oxygen atoms in total. The lowest BCUT2D eigenvalue weighted by molar-refractivity contribution is 0.0889. The summed E-state index contributed by atoms with van der Waals surface area (Å²) in [5, 5.41) is 0. The Morgan fingerprint density at radius 2 is 1.87 bits per heavy atom. The Kier molecular flexibility index (Phi) is 7.67. The van der Waals surface area contributed by atoms with E-state index in [9.17, 15) is 4.79 Å². The minimum Gasteiger partial charge on any atom is -0.445 e. The third kappa shape index (κ3) is 7.42. The fraction of sp³-hybridized carbons (Fsp3) is 0.562. The highest BCUT2D eigenvalue weighted by atomic mass is 35.6. The number of hydrogen-bond acceptors (Lipinski definition) is 3. The van der Waals surface area contributed by atoms with Crippen molar-refractivity contribution >= 4 is 52.7 Å². The standard InChI is InChI=1S/C16H20Cl3NO2S/c17-16(18,19)12-22-15(21)20-9-6-13(7-10-20)8-11-23-14-4-2-1-3-5-14/h1-5,13H,6-12H2. The van der Waals surface area contributed by atoms with Gasteiger partial charge in [-0.05, 0) is 43.1 Å². The zero-order chi connectivity index (χ0) is 16.7. The summed E-state index contributed by atoms with van der Waals surface area (Å²) in [6.45, 7) is 1.20. The van der Waals surface area contributed by atoms with E-state index in [1.54, 1.807) is 4.90 Å². The van der Waals surface area contributed by atoms with E-state index >= 15 is 0 Å². The number of nitrogens with zero attached hydrogens (tertiary/aromatic N) is 1. The van der Waals surface area contributed by atoms with E-state index in [2.05, 4.69) is 24.3 Å². The van der Waals surface area contributed by atoms with Gasteiger partial charge in [-0.2, -0.15) is 0 Å². The van der Waals surface area contributed by atoms with Gasteiger partial charge in [-0.3, -0.25) is 0 Å². The number of halogens is 3. The summed E-state index contributed by atoms with van der Waals surface area (Å²) in [7, 11) is 0. The Bertz CT molecular complexity index is 488. The third-order valence-electron chi connectivity index (χ3n) is 3.77. The lowest BCUT2D eigenvalue weighted by atomic mass is 9.95. The van der Waals surface area contributed by atoms with Crippen LogP contribution >= 0.6 is 46.6 Å². The first kappa shape index (κ1) is 19.0. The molecule has 23 heavy (non-hydrogen) atoms. The van der Waals surface area contributed by atoms with Crippen LogP contribution in [0.4, 0.5) is 4.79 Å². The molecule has 0 saturated carbocycles. The molecule has 0 atom stereocenters. The number of rotatable bonds is 5. The van der Waals surface area contributed by atoms with Gasteiger partial charge < -0.3 is 9.64 Å². The second-order valence-electron chi connectivity index (χ2n) is 5.55. The van der Waals surface area contributed by atoms with Gasteiger partial charge in [-0.1, -0.05) is 53.0 Å². The first-order valence-corrected chi connectivity index (χ1v) is 9.72. The Balaban J connectivity index is 1.63. The number of hydrogen-bond donors (Lipinski definition) is 0. The Morgan fingerprint density at radius 3 is 2.48 bits per heavy atom. The molecule has 1 amide bonds. The van der Waals surface area contributed by atoms with Gasteiger partial charge in [0.15, 0.2) is 0 Å². The van der Waals surface area contributed by atoms with Crippen molar-refractivity contribution < 1.29 is 9.53 Å². The lowest BCUT2D eigenvalue weighted by Gasteiger charge is -2.31. The SMILES string of the molecule is O=C(OCC(Cl)(Cl)Cl)N1CCC(CCSc2ccccc2)CC1. The highest BCUT2D eigenvalue weighted by molar-refractivity contribution is 7.99. The van der Waals surface area contributed by atoms with Crippen LogP contribution in [-0.4, -0.2) is 40.2 Å². The summed E-state index contributed by atoms with van der Waals surface area (Å²) in [4.78, 5) is 14.9. The monoisotopic (exact) mass is 395 g/mol. The van der Waals surface area contributed by atoms with Crippen LogP contribution in [0, 0.1) is 5.92 Å². The largest absolute Gasteiger partial charge is 0.445 e. The maximum atomic E-state index is 11.9. The molecule has 0 bridgehead atoms. The summed E-state index contributed by atoms with van der Waals surface area (Å²) in [6, 6.07) is 10.4. The van der Waals surface area contributed by atoms with Crippen molar-refractivity contribution in [2.45, 2.75) is 28.0 Å². The number of carbonyl (C=O) groups is 1. The molecule has 0 unspecified atom stereocenters. The van der Waals surface area contributed by atoms with Crippen LogP contribution in [0.5, 0.6) is 0 Å². The molecule has 0 N–H and O–H groups in total. The van der Waals surface area contributed by atoms with E-state index in [0.29, 0.717) is 19.0 Å². The molecule has 1 fully saturated rings. The number of amides is 1. The molecule has 0 spiro atoms. The summed E-state index contributed by atoms with van der Waals surface area (Å²) in [5.41, 5.74) is 0. The lowest BCUT2D eigenvalue weighted by Crippen LogP contribution is -2.39. The predicted molar refractivity (Wildman–Crippen MR) is 97.7 cm³/mol. The van der Waals surface area contributed by atoms with E-state index in [-0.39, 0.29) is 6.61 Å². The van der Waals surface area contributed by atoms with Crippen LogP contribution in [0.15, 0.2) is 35.2 Å². The second kappa shape index (κ2) is 9.26. The van der Waals surface area contributed by atoms with E-state index in [4.69, 9.17) is 39.5 Å². The normalized spacial score (nSPS) is 16.4. The molecular weight excluding hydrogens is 377 g/mol. The van der Waals surface area contributed by atoms with Crippen LogP contribution in [0.3, 0.4) is 0 Å². The average Bonchev–Trinajstić information content (AvgIpc) is 2.54. The number of carbonyl (C=O) groups excluding carboxylic acids is 1. The fourth-order valence-corrected chi connectivity index (χ4v) is 3.70. The maximum Gasteiger partial charge on any atom is 0.409 e. The molecule has 1 aliphatic heterocycles. The molecule has 7 heteroatoms. The van der Waals surface area contributed by atoms with Crippen LogP contribution in [-0.2, 0) is 4.74 Å². The van der Waals surface area contributed by atoms with Crippen molar-refractivity contribution in [3.05, 3.63) is 30.3 Å². The van der Waals surface area contributed by atoms with Gasteiger partial charge in [-0.15, -0.1) is 11.8 Å². The van der Waals surface area contributed by atoms with Gasteiger partial charge in [0.1, 0.15) is 6.61 Å². The van der Waals surface area contributed by atoms with Crippen LogP contribution < -0.4 is 0 Å². The van der Waals surface area contributed by atoms with Crippen molar-refractivity contribution in [1.29, 1.82) is 0 Å². The summed E-state index contributed by atoms with van der Waals surface area (Å²) < 4.78 is 3.45. The van der Waals surface area contributed by atoms with Crippen molar-refractivity contribution in [1.82, 2.24) is 4.90 Å². The molecule has 1 saturated heterocycles. The second-order valence-corrected chi connectivity index (χ2v) is 9.23. The third-order valence-corrected chi connectivity index (χ3v) is 5.14. The maximum absolute atomic E-state index is 11.9. The number of ether oxygens (including phenoxy) is 1. The number of likely N-dealkylation sites (tertiary alicyclic amines) is 1. The Labute approximate surface area is 156 Å². The highest BCUT2D eigenvalue weighted by Crippen LogP contribution is 2.28. The first-order chi connectivity index (χ1) is 10.9. The number of benzene rings is 1. The molecule has 1 aliphatic rings. The van der Waals surface area contributed by atoms with Crippen molar-refractivity contribution in [3.63, 3.8) is 0 Å². The molecule has 0 aromatic heterocycles. The predicted octanol–water partition coefficient (Wildman–Crippen LogP) is 5.39. The smallest absolute Gasteiger partial charge is 0.409 e. The van der Waals surface area contributed by atoms with Crippen molar-refractivity contribution in [2.75, 3.05) is 25.4 Å². The summed E-state index contributed by atoms with van der Waals surface area (Å²) in [5.74, 6) is 1.76. The van der Waals surface area contributed by atoms with Gasteiger partial charge >= 0.3 is 6.09 Å². The van der Waals surface area contributed by atoms with Crippen molar-refractivity contribution in [2.24, 2.45) is 5.92 Å². The Hall–Kier alpha value is -0.290. The minimum absolute atomic E-state index is 0.218. The van der Waals surface area contributed by atoms with Crippen LogP contribution in [0.1, 0.15) is 19.3 Å². The number of thioether (sulfide) groups is 1.